The number of carbonyl (C=O) groups excluding carboxylic acids is 3. The molecule has 0 bridgehead atoms. The van der Waals surface area contributed by atoms with Gasteiger partial charge in [0.1, 0.15) is 6.04 Å². The molecule has 26 heavy (non-hydrogen) atoms. The van der Waals surface area contributed by atoms with Gasteiger partial charge >= 0.3 is 0 Å². The summed E-state index contributed by atoms with van der Waals surface area (Å²) in [5.41, 5.74) is 1.89. The second-order valence-electron chi connectivity index (χ2n) is 6.55. The zero-order chi connectivity index (χ0) is 18.8. The molecular formula is C18H24N4O4. The van der Waals surface area contributed by atoms with Crippen molar-refractivity contribution in [2.45, 2.75) is 45.8 Å². The first-order valence-electron chi connectivity index (χ1n) is 8.89. The Hall–Kier alpha value is -2.64. The fraction of sp³-hybridized carbons (Fsp3) is 0.556. The zero-order valence-electron chi connectivity index (χ0n) is 15.4. The first kappa shape index (κ1) is 18.2. The lowest BCUT2D eigenvalue weighted by atomic mass is 10.1. The average molecular weight is 360 g/mol. The number of pyridine rings is 1. The molecule has 1 aromatic heterocycles. The van der Waals surface area contributed by atoms with Gasteiger partial charge in [-0.05, 0) is 26.3 Å². The lowest BCUT2D eigenvalue weighted by molar-refractivity contribution is -0.136. The van der Waals surface area contributed by atoms with E-state index in [4.69, 9.17) is 4.74 Å². The minimum atomic E-state index is -0.518. The average Bonchev–Trinajstić information content (AvgIpc) is 3.21. The number of methoxy groups -OCH3 is 1. The smallest absolute Gasteiger partial charge is 0.256 e. The molecular weight excluding hydrogens is 336 g/mol. The maximum atomic E-state index is 12.4. The Bertz CT molecular complexity index is 749. The van der Waals surface area contributed by atoms with E-state index in [2.05, 4.69) is 10.3 Å². The first-order valence-corrected chi connectivity index (χ1v) is 8.89. The lowest BCUT2D eigenvalue weighted by Gasteiger charge is -2.23. The predicted octanol–water partition coefficient (Wildman–Crippen LogP) is 0.693. The molecule has 8 nitrogen and oxygen atoms in total. The Balaban J connectivity index is 1.72. The lowest BCUT2D eigenvalue weighted by Crippen LogP contribution is -2.45. The topological polar surface area (TPSA) is 91.8 Å². The summed E-state index contributed by atoms with van der Waals surface area (Å²) in [7, 11) is 1.51. The monoisotopic (exact) mass is 360 g/mol. The van der Waals surface area contributed by atoms with E-state index in [0.717, 1.165) is 6.42 Å². The molecule has 0 spiro atoms. The molecule has 0 radical (unpaired) electrons. The molecule has 3 rings (SSSR count). The van der Waals surface area contributed by atoms with Crippen molar-refractivity contribution in [3.8, 4) is 5.88 Å². The van der Waals surface area contributed by atoms with E-state index in [9.17, 15) is 14.4 Å². The van der Waals surface area contributed by atoms with Crippen LogP contribution in [-0.4, -0.2) is 58.7 Å². The standard InChI is InChI=1S/C18H24N4O4/c1-4-21-10-14-13(18(21)25)8-12(17(20-14)26-3)9-19-16(24)11(2)22-7-5-6-15(22)23/h8,11H,4-7,9-10H2,1-3H3,(H,19,24)/t11-/m1/s1. The van der Waals surface area contributed by atoms with Gasteiger partial charge in [-0.15, -0.1) is 0 Å². The third-order valence-corrected chi connectivity index (χ3v) is 4.98. The molecule has 1 saturated heterocycles. The minimum absolute atomic E-state index is 0.00896. The van der Waals surface area contributed by atoms with E-state index in [0.29, 0.717) is 48.8 Å². The van der Waals surface area contributed by atoms with Gasteiger partial charge in [-0.25, -0.2) is 4.98 Å². The summed E-state index contributed by atoms with van der Waals surface area (Å²) in [6, 6.07) is 1.22. The minimum Gasteiger partial charge on any atom is -0.481 e. The van der Waals surface area contributed by atoms with E-state index in [-0.39, 0.29) is 24.3 Å². The number of rotatable bonds is 6. The van der Waals surface area contributed by atoms with Gasteiger partial charge in [-0.1, -0.05) is 0 Å². The van der Waals surface area contributed by atoms with Crippen LogP contribution < -0.4 is 10.1 Å². The number of carbonyl (C=O) groups is 3. The fourth-order valence-corrected chi connectivity index (χ4v) is 3.41. The first-order chi connectivity index (χ1) is 12.5. The maximum absolute atomic E-state index is 12.4. The summed E-state index contributed by atoms with van der Waals surface area (Å²) in [6.45, 7) is 5.53. The van der Waals surface area contributed by atoms with E-state index in [1.54, 1.807) is 22.8 Å². The van der Waals surface area contributed by atoms with Gasteiger partial charge < -0.3 is 19.9 Å². The molecule has 1 fully saturated rings. The Morgan fingerprint density at radius 3 is 2.81 bits per heavy atom. The van der Waals surface area contributed by atoms with Crippen LogP contribution in [0.5, 0.6) is 5.88 Å². The molecule has 140 valence electrons. The highest BCUT2D eigenvalue weighted by molar-refractivity contribution is 5.98. The molecule has 0 aliphatic carbocycles. The van der Waals surface area contributed by atoms with Gasteiger partial charge in [0.25, 0.3) is 5.91 Å². The molecule has 0 aromatic carbocycles. The number of fused-ring (bicyclic) bond motifs is 1. The van der Waals surface area contributed by atoms with Crippen LogP contribution in [0.15, 0.2) is 6.07 Å². The van der Waals surface area contributed by atoms with E-state index < -0.39 is 6.04 Å². The van der Waals surface area contributed by atoms with Crippen LogP contribution in [0.4, 0.5) is 0 Å². The van der Waals surface area contributed by atoms with Crippen molar-refractivity contribution in [1.29, 1.82) is 0 Å². The van der Waals surface area contributed by atoms with Crippen molar-refractivity contribution in [2.75, 3.05) is 20.2 Å². The van der Waals surface area contributed by atoms with Gasteiger partial charge in [0.15, 0.2) is 0 Å². The van der Waals surface area contributed by atoms with Gasteiger partial charge in [0.05, 0.1) is 24.9 Å². The molecule has 1 N–H and O–H groups in total. The molecule has 1 aromatic rings. The highest BCUT2D eigenvalue weighted by Gasteiger charge is 2.31. The van der Waals surface area contributed by atoms with Crippen molar-refractivity contribution >= 4 is 17.7 Å². The Morgan fingerprint density at radius 1 is 1.42 bits per heavy atom. The van der Waals surface area contributed by atoms with Crippen LogP contribution in [-0.2, 0) is 22.7 Å². The van der Waals surface area contributed by atoms with Crippen molar-refractivity contribution in [3.05, 3.63) is 22.9 Å². The number of amides is 3. The highest BCUT2D eigenvalue weighted by Crippen LogP contribution is 2.27. The number of aromatic nitrogens is 1. The molecule has 0 saturated carbocycles. The van der Waals surface area contributed by atoms with E-state index in [1.807, 2.05) is 6.92 Å². The second kappa shape index (κ2) is 7.31. The van der Waals surface area contributed by atoms with Crippen molar-refractivity contribution in [1.82, 2.24) is 20.1 Å². The predicted molar refractivity (Wildman–Crippen MR) is 93.5 cm³/mol. The molecule has 3 heterocycles. The maximum Gasteiger partial charge on any atom is 0.256 e. The molecule has 2 aliphatic heterocycles. The van der Waals surface area contributed by atoms with Gasteiger partial charge in [-0.2, -0.15) is 0 Å². The molecule has 3 amide bonds. The van der Waals surface area contributed by atoms with Crippen LogP contribution in [0.1, 0.15) is 48.3 Å². The van der Waals surface area contributed by atoms with Gasteiger partial charge in [-0.3, -0.25) is 14.4 Å². The summed E-state index contributed by atoms with van der Waals surface area (Å²) >= 11 is 0. The Labute approximate surface area is 152 Å². The fourth-order valence-electron chi connectivity index (χ4n) is 3.41. The largest absolute Gasteiger partial charge is 0.481 e. The van der Waals surface area contributed by atoms with Gasteiger partial charge in [0, 0.05) is 31.6 Å². The van der Waals surface area contributed by atoms with Crippen LogP contribution in [0.3, 0.4) is 0 Å². The second-order valence-corrected chi connectivity index (χ2v) is 6.55. The summed E-state index contributed by atoms with van der Waals surface area (Å²) in [4.78, 5) is 44.3. The quantitative estimate of drug-likeness (QED) is 0.806. The summed E-state index contributed by atoms with van der Waals surface area (Å²) in [5, 5.41) is 2.82. The van der Waals surface area contributed by atoms with Crippen molar-refractivity contribution < 1.29 is 19.1 Å². The Kier molecular flexibility index (Phi) is 5.11. The normalized spacial score (nSPS) is 17.5. The molecule has 8 heteroatoms. The number of ether oxygens (including phenoxy) is 1. The third kappa shape index (κ3) is 3.23. The van der Waals surface area contributed by atoms with Crippen LogP contribution in [0, 0.1) is 0 Å². The van der Waals surface area contributed by atoms with Crippen LogP contribution in [0.2, 0.25) is 0 Å². The van der Waals surface area contributed by atoms with Crippen LogP contribution >= 0.6 is 0 Å². The SMILES string of the molecule is CCN1Cc2nc(OC)c(CNC(=O)[C@@H](C)N3CCCC3=O)cc2C1=O. The van der Waals surface area contributed by atoms with Crippen molar-refractivity contribution in [3.63, 3.8) is 0 Å². The summed E-state index contributed by atoms with van der Waals surface area (Å²) in [6.07, 6.45) is 1.28. The number of nitrogens with zero attached hydrogens (tertiary/aromatic N) is 3. The highest BCUT2D eigenvalue weighted by atomic mass is 16.5. The van der Waals surface area contributed by atoms with E-state index >= 15 is 0 Å². The summed E-state index contributed by atoms with van der Waals surface area (Å²) < 4.78 is 5.33. The zero-order valence-corrected chi connectivity index (χ0v) is 15.4. The van der Waals surface area contributed by atoms with Gasteiger partial charge in [0.2, 0.25) is 17.7 Å². The number of nitrogens with one attached hydrogen (secondary N) is 1. The molecule has 1 atom stereocenters. The Morgan fingerprint density at radius 2 is 2.19 bits per heavy atom. The van der Waals surface area contributed by atoms with E-state index in [1.165, 1.54) is 7.11 Å². The molecule has 0 unspecified atom stereocenters. The third-order valence-electron chi connectivity index (χ3n) is 4.98. The molecule has 2 aliphatic rings. The number of hydrogen-bond donors (Lipinski definition) is 1. The summed E-state index contributed by atoms with van der Waals surface area (Å²) in [5.74, 6) is 0.125. The number of hydrogen-bond acceptors (Lipinski definition) is 5. The number of likely N-dealkylation sites (tertiary alicyclic amines) is 1. The van der Waals surface area contributed by atoms with Crippen molar-refractivity contribution in [2.24, 2.45) is 0 Å². The van der Waals surface area contributed by atoms with Crippen LogP contribution in [0.25, 0.3) is 0 Å².